The summed E-state index contributed by atoms with van der Waals surface area (Å²) >= 11 is 1.67. The molecule has 88 valence electrons. The largest absolute Gasteiger partial charge is 0.300 e. The van der Waals surface area contributed by atoms with Crippen molar-refractivity contribution in [2.45, 2.75) is 36.1 Å². The van der Waals surface area contributed by atoms with Gasteiger partial charge < -0.3 is 0 Å². The van der Waals surface area contributed by atoms with Crippen LogP contribution in [0, 0.1) is 0 Å². The molecule has 2 aromatic rings. The van der Waals surface area contributed by atoms with Gasteiger partial charge in [-0.05, 0) is 25.0 Å². The third-order valence-electron chi connectivity index (χ3n) is 2.99. The fourth-order valence-corrected chi connectivity index (χ4v) is 3.34. The third kappa shape index (κ3) is 2.20. The zero-order chi connectivity index (χ0) is 11.7. The van der Waals surface area contributed by atoms with E-state index in [1.165, 1.54) is 0 Å². The number of pyridine rings is 1. The molecule has 4 nitrogen and oxygen atoms in total. The van der Waals surface area contributed by atoms with Gasteiger partial charge in [-0.2, -0.15) is 0 Å². The number of hydrogen-bond donors (Lipinski definition) is 0. The van der Waals surface area contributed by atoms with Crippen LogP contribution in [-0.4, -0.2) is 25.6 Å². The molecular formula is C12H13N3OS. The van der Waals surface area contributed by atoms with Gasteiger partial charge in [0, 0.05) is 24.3 Å². The molecule has 1 fully saturated rings. The number of aromatic nitrogens is 3. The van der Waals surface area contributed by atoms with E-state index in [1.54, 1.807) is 11.8 Å². The van der Waals surface area contributed by atoms with Crippen molar-refractivity contribution in [3.05, 3.63) is 24.4 Å². The van der Waals surface area contributed by atoms with Crippen molar-refractivity contribution in [1.29, 1.82) is 0 Å². The van der Waals surface area contributed by atoms with Crippen LogP contribution in [0.4, 0.5) is 0 Å². The molecule has 1 aliphatic rings. The van der Waals surface area contributed by atoms with E-state index in [1.807, 2.05) is 28.8 Å². The molecule has 0 N–H and O–H groups in total. The highest BCUT2D eigenvalue weighted by atomic mass is 32.2. The number of carbonyl (C=O) groups is 1. The second kappa shape index (κ2) is 4.49. The van der Waals surface area contributed by atoms with Crippen molar-refractivity contribution < 1.29 is 4.79 Å². The van der Waals surface area contributed by atoms with Crippen molar-refractivity contribution in [3.63, 3.8) is 0 Å². The topological polar surface area (TPSA) is 47.3 Å². The molecule has 0 spiro atoms. The second-order valence-electron chi connectivity index (χ2n) is 4.29. The lowest BCUT2D eigenvalue weighted by molar-refractivity contribution is -0.120. The standard InChI is InChI=1S/C12H13N3OS/c16-9-4-3-5-10(8-9)17-12-14-13-11-6-1-2-7-15(11)12/h1-2,6-7,10H,3-5,8H2. The smallest absolute Gasteiger partial charge is 0.195 e. The van der Waals surface area contributed by atoms with Gasteiger partial charge in [0.1, 0.15) is 5.78 Å². The van der Waals surface area contributed by atoms with Gasteiger partial charge in [0.25, 0.3) is 0 Å². The first-order valence-electron chi connectivity index (χ1n) is 5.81. The van der Waals surface area contributed by atoms with E-state index in [-0.39, 0.29) is 0 Å². The molecule has 5 heteroatoms. The maximum Gasteiger partial charge on any atom is 0.195 e. The lowest BCUT2D eigenvalue weighted by atomic mass is 9.99. The predicted molar refractivity (Wildman–Crippen MR) is 66.1 cm³/mol. The Labute approximate surface area is 103 Å². The second-order valence-corrected chi connectivity index (χ2v) is 5.55. The van der Waals surface area contributed by atoms with Gasteiger partial charge >= 0.3 is 0 Å². The highest BCUT2D eigenvalue weighted by Gasteiger charge is 2.22. The van der Waals surface area contributed by atoms with Crippen molar-refractivity contribution in [2.75, 3.05) is 0 Å². The number of Topliss-reactive ketones (excluding diaryl/α,β-unsaturated/α-hetero) is 1. The summed E-state index contributed by atoms with van der Waals surface area (Å²) in [7, 11) is 0. The Bertz CT molecular complexity index is 551. The Morgan fingerprint density at radius 3 is 3.18 bits per heavy atom. The Morgan fingerprint density at radius 1 is 1.35 bits per heavy atom. The monoisotopic (exact) mass is 247 g/mol. The molecule has 2 heterocycles. The van der Waals surface area contributed by atoms with E-state index in [0.29, 0.717) is 17.5 Å². The summed E-state index contributed by atoms with van der Waals surface area (Å²) < 4.78 is 1.98. The Balaban J connectivity index is 1.82. The van der Waals surface area contributed by atoms with Gasteiger partial charge in [0.15, 0.2) is 10.8 Å². The van der Waals surface area contributed by atoms with E-state index < -0.39 is 0 Å². The molecular weight excluding hydrogens is 234 g/mol. The highest BCUT2D eigenvalue weighted by molar-refractivity contribution is 7.99. The summed E-state index contributed by atoms with van der Waals surface area (Å²) in [5.41, 5.74) is 0.858. The minimum absolute atomic E-state index is 0.365. The molecule has 1 aliphatic carbocycles. The number of ketones is 1. The average Bonchev–Trinajstić information content (AvgIpc) is 2.73. The highest BCUT2D eigenvalue weighted by Crippen LogP contribution is 2.31. The minimum atomic E-state index is 0.365. The quantitative estimate of drug-likeness (QED) is 0.817. The Morgan fingerprint density at radius 2 is 2.29 bits per heavy atom. The molecule has 0 saturated heterocycles. The molecule has 1 unspecified atom stereocenters. The summed E-state index contributed by atoms with van der Waals surface area (Å²) in [6.45, 7) is 0. The van der Waals surface area contributed by atoms with Crippen LogP contribution in [0.15, 0.2) is 29.6 Å². The number of carbonyl (C=O) groups excluding carboxylic acids is 1. The number of fused-ring (bicyclic) bond motifs is 1. The number of nitrogens with zero attached hydrogens (tertiary/aromatic N) is 3. The number of rotatable bonds is 2. The molecule has 3 rings (SSSR count). The van der Waals surface area contributed by atoms with Crippen molar-refractivity contribution in [2.24, 2.45) is 0 Å². The van der Waals surface area contributed by atoms with Gasteiger partial charge in [-0.25, -0.2) is 0 Å². The minimum Gasteiger partial charge on any atom is -0.300 e. The molecule has 0 aromatic carbocycles. The first-order chi connectivity index (χ1) is 8.33. The summed E-state index contributed by atoms with van der Waals surface area (Å²) in [6, 6.07) is 5.85. The molecule has 1 atom stereocenters. The fourth-order valence-electron chi connectivity index (χ4n) is 2.13. The molecule has 1 saturated carbocycles. The zero-order valence-electron chi connectivity index (χ0n) is 9.37. The summed E-state index contributed by atoms with van der Waals surface area (Å²) in [5.74, 6) is 0.377. The van der Waals surface area contributed by atoms with Crippen molar-refractivity contribution in [3.8, 4) is 0 Å². The Kier molecular flexibility index (Phi) is 2.84. The van der Waals surface area contributed by atoms with Crippen LogP contribution in [0.5, 0.6) is 0 Å². The molecule has 0 radical (unpaired) electrons. The van der Waals surface area contributed by atoms with Crippen LogP contribution in [0.25, 0.3) is 5.65 Å². The van der Waals surface area contributed by atoms with E-state index in [4.69, 9.17) is 0 Å². The fraction of sp³-hybridized carbons (Fsp3) is 0.417. The van der Waals surface area contributed by atoms with E-state index in [0.717, 1.165) is 30.1 Å². The number of hydrogen-bond acceptors (Lipinski definition) is 4. The zero-order valence-corrected chi connectivity index (χ0v) is 10.2. The van der Waals surface area contributed by atoms with Gasteiger partial charge in [0.2, 0.25) is 0 Å². The molecule has 0 bridgehead atoms. The lowest BCUT2D eigenvalue weighted by Gasteiger charge is -2.18. The van der Waals surface area contributed by atoms with Crippen molar-refractivity contribution >= 4 is 23.2 Å². The summed E-state index contributed by atoms with van der Waals surface area (Å²) in [5, 5.41) is 9.54. The van der Waals surface area contributed by atoms with Crippen LogP contribution in [-0.2, 0) is 4.79 Å². The maximum atomic E-state index is 11.4. The van der Waals surface area contributed by atoms with E-state index in [2.05, 4.69) is 10.2 Å². The van der Waals surface area contributed by atoms with Gasteiger partial charge in [0.05, 0.1) is 0 Å². The Hall–Kier alpha value is -1.36. The predicted octanol–water partition coefficient (Wildman–Crippen LogP) is 2.33. The first kappa shape index (κ1) is 10.8. The van der Waals surface area contributed by atoms with Crippen LogP contribution >= 0.6 is 11.8 Å². The normalized spacial score (nSPS) is 20.9. The van der Waals surface area contributed by atoms with Crippen LogP contribution in [0.2, 0.25) is 0 Å². The molecule has 0 aliphatic heterocycles. The summed E-state index contributed by atoms with van der Waals surface area (Å²) in [4.78, 5) is 11.4. The van der Waals surface area contributed by atoms with E-state index in [9.17, 15) is 4.79 Å². The average molecular weight is 247 g/mol. The van der Waals surface area contributed by atoms with Gasteiger partial charge in [-0.3, -0.25) is 9.20 Å². The van der Waals surface area contributed by atoms with Crippen LogP contribution in [0.3, 0.4) is 0 Å². The van der Waals surface area contributed by atoms with Crippen LogP contribution in [0.1, 0.15) is 25.7 Å². The van der Waals surface area contributed by atoms with Crippen LogP contribution < -0.4 is 0 Å². The van der Waals surface area contributed by atoms with E-state index >= 15 is 0 Å². The lowest BCUT2D eigenvalue weighted by Crippen LogP contribution is -2.17. The third-order valence-corrected chi connectivity index (χ3v) is 4.22. The van der Waals surface area contributed by atoms with Crippen molar-refractivity contribution in [1.82, 2.24) is 14.6 Å². The molecule has 0 amide bonds. The van der Waals surface area contributed by atoms with Gasteiger partial charge in [-0.1, -0.05) is 17.8 Å². The molecule has 17 heavy (non-hydrogen) atoms. The maximum absolute atomic E-state index is 11.4. The summed E-state index contributed by atoms with van der Waals surface area (Å²) in [6.07, 6.45) is 5.48. The first-order valence-corrected chi connectivity index (χ1v) is 6.69. The van der Waals surface area contributed by atoms with Gasteiger partial charge in [-0.15, -0.1) is 10.2 Å². The SMILES string of the molecule is O=C1CCCC(Sc2nnc3ccccn23)C1. The molecule has 2 aromatic heterocycles. The number of thioether (sulfide) groups is 1.